The summed E-state index contributed by atoms with van der Waals surface area (Å²) >= 11 is 0. The Morgan fingerprint density at radius 1 is 1.27 bits per heavy atom. The fourth-order valence-corrected chi connectivity index (χ4v) is 2.21. The van der Waals surface area contributed by atoms with Gasteiger partial charge in [0.1, 0.15) is 0 Å². The molecule has 1 rings (SSSR count). The van der Waals surface area contributed by atoms with Crippen molar-refractivity contribution in [3.63, 3.8) is 0 Å². The third-order valence-corrected chi connectivity index (χ3v) is 2.95. The van der Waals surface area contributed by atoms with Crippen molar-refractivity contribution in [2.75, 3.05) is 13.1 Å². The molecule has 2 atom stereocenters. The Morgan fingerprint density at radius 2 is 2.09 bits per heavy atom. The zero-order chi connectivity index (χ0) is 8.10. The minimum absolute atomic E-state index is 0.962. The van der Waals surface area contributed by atoms with Gasteiger partial charge in [0.05, 0.1) is 0 Å². The maximum absolute atomic E-state index is 3.47. The molecule has 0 aromatic carbocycles. The minimum atomic E-state index is 0.962. The molecule has 1 heterocycles. The summed E-state index contributed by atoms with van der Waals surface area (Å²) in [6.45, 7) is 7.14. The third-order valence-electron chi connectivity index (χ3n) is 2.95. The SMILES string of the molecule is CCCC1CCNC[C@H]1CC. The third kappa shape index (κ3) is 2.48. The van der Waals surface area contributed by atoms with Crippen LogP contribution in [-0.2, 0) is 0 Å². The van der Waals surface area contributed by atoms with Gasteiger partial charge in [0, 0.05) is 0 Å². The Balaban J connectivity index is 2.31. The van der Waals surface area contributed by atoms with Crippen molar-refractivity contribution < 1.29 is 0 Å². The first-order valence-electron chi connectivity index (χ1n) is 5.09. The first-order valence-corrected chi connectivity index (χ1v) is 5.09. The lowest BCUT2D eigenvalue weighted by Crippen LogP contribution is -2.36. The molecule has 0 bridgehead atoms. The van der Waals surface area contributed by atoms with E-state index in [-0.39, 0.29) is 0 Å². The van der Waals surface area contributed by atoms with Gasteiger partial charge in [-0.3, -0.25) is 0 Å². The molecule has 0 aromatic rings. The Morgan fingerprint density at radius 3 is 2.73 bits per heavy atom. The number of hydrogen-bond donors (Lipinski definition) is 1. The highest BCUT2D eigenvalue weighted by atomic mass is 14.9. The molecule has 1 unspecified atom stereocenters. The maximum atomic E-state index is 3.47. The first-order chi connectivity index (χ1) is 5.38. The van der Waals surface area contributed by atoms with Gasteiger partial charge in [-0.05, 0) is 31.3 Å². The zero-order valence-corrected chi connectivity index (χ0v) is 7.90. The van der Waals surface area contributed by atoms with Crippen LogP contribution in [-0.4, -0.2) is 13.1 Å². The predicted octanol–water partition coefficient (Wildman–Crippen LogP) is 2.42. The van der Waals surface area contributed by atoms with Gasteiger partial charge in [0.25, 0.3) is 0 Å². The molecule has 0 amide bonds. The second kappa shape index (κ2) is 4.76. The van der Waals surface area contributed by atoms with Crippen molar-refractivity contribution in [1.82, 2.24) is 5.32 Å². The predicted molar refractivity (Wildman–Crippen MR) is 49.7 cm³/mol. The van der Waals surface area contributed by atoms with Gasteiger partial charge in [-0.1, -0.05) is 33.1 Å². The van der Waals surface area contributed by atoms with Crippen LogP contribution in [0.2, 0.25) is 0 Å². The van der Waals surface area contributed by atoms with E-state index in [9.17, 15) is 0 Å². The highest BCUT2D eigenvalue weighted by Crippen LogP contribution is 2.25. The van der Waals surface area contributed by atoms with Crippen LogP contribution in [0.25, 0.3) is 0 Å². The van der Waals surface area contributed by atoms with Crippen molar-refractivity contribution in [2.24, 2.45) is 11.8 Å². The molecular weight excluding hydrogens is 134 g/mol. The van der Waals surface area contributed by atoms with Crippen LogP contribution in [0.3, 0.4) is 0 Å². The molecule has 1 N–H and O–H groups in total. The Labute approximate surface area is 70.6 Å². The summed E-state index contributed by atoms with van der Waals surface area (Å²) < 4.78 is 0. The van der Waals surface area contributed by atoms with Crippen molar-refractivity contribution in [2.45, 2.75) is 39.5 Å². The lowest BCUT2D eigenvalue weighted by atomic mass is 9.82. The second-order valence-electron chi connectivity index (χ2n) is 3.71. The summed E-state index contributed by atoms with van der Waals surface area (Å²) in [5.74, 6) is 1.98. The molecule has 1 fully saturated rings. The maximum Gasteiger partial charge on any atom is -0.00180 e. The number of piperidine rings is 1. The molecule has 0 aliphatic carbocycles. The number of nitrogens with one attached hydrogen (secondary N) is 1. The molecule has 1 aliphatic heterocycles. The average molecular weight is 155 g/mol. The summed E-state index contributed by atoms with van der Waals surface area (Å²) in [6, 6.07) is 0. The lowest BCUT2D eigenvalue weighted by molar-refractivity contribution is 0.233. The van der Waals surface area contributed by atoms with Gasteiger partial charge < -0.3 is 5.32 Å². The molecule has 66 valence electrons. The molecule has 1 aliphatic rings. The van der Waals surface area contributed by atoms with E-state index in [1.165, 1.54) is 38.8 Å². The zero-order valence-electron chi connectivity index (χ0n) is 7.90. The summed E-state index contributed by atoms with van der Waals surface area (Å²) in [5.41, 5.74) is 0. The molecule has 1 nitrogen and oxygen atoms in total. The van der Waals surface area contributed by atoms with Gasteiger partial charge in [0.2, 0.25) is 0 Å². The molecule has 0 spiro atoms. The summed E-state index contributed by atoms with van der Waals surface area (Å²) in [4.78, 5) is 0. The first kappa shape index (κ1) is 9.05. The summed E-state index contributed by atoms with van der Waals surface area (Å²) in [5, 5.41) is 3.47. The molecular formula is C10H21N. The van der Waals surface area contributed by atoms with E-state index in [0.29, 0.717) is 0 Å². The van der Waals surface area contributed by atoms with Gasteiger partial charge in [0.15, 0.2) is 0 Å². The van der Waals surface area contributed by atoms with Gasteiger partial charge >= 0.3 is 0 Å². The minimum Gasteiger partial charge on any atom is -0.316 e. The molecule has 0 saturated carbocycles. The molecule has 1 heteroatoms. The lowest BCUT2D eigenvalue weighted by Gasteiger charge is -2.31. The van der Waals surface area contributed by atoms with Crippen molar-refractivity contribution in [3.05, 3.63) is 0 Å². The highest BCUT2D eigenvalue weighted by molar-refractivity contribution is 4.76. The van der Waals surface area contributed by atoms with E-state index in [1.54, 1.807) is 0 Å². The Hall–Kier alpha value is -0.0400. The Bertz CT molecular complexity index is 99.0. The van der Waals surface area contributed by atoms with Gasteiger partial charge in [-0.25, -0.2) is 0 Å². The fraction of sp³-hybridized carbons (Fsp3) is 1.00. The van der Waals surface area contributed by atoms with E-state index in [2.05, 4.69) is 19.2 Å². The number of hydrogen-bond acceptors (Lipinski definition) is 1. The van der Waals surface area contributed by atoms with E-state index >= 15 is 0 Å². The molecule has 0 radical (unpaired) electrons. The molecule has 0 aromatic heterocycles. The van der Waals surface area contributed by atoms with Crippen LogP contribution in [0.5, 0.6) is 0 Å². The van der Waals surface area contributed by atoms with Crippen LogP contribution in [0.15, 0.2) is 0 Å². The van der Waals surface area contributed by atoms with E-state index < -0.39 is 0 Å². The van der Waals surface area contributed by atoms with Crippen LogP contribution >= 0.6 is 0 Å². The topological polar surface area (TPSA) is 12.0 Å². The normalized spacial score (nSPS) is 32.2. The van der Waals surface area contributed by atoms with Crippen LogP contribution in [0.4, 0.5) is 0 Å². The monoisotopic (exact) mass is 155 g/mol. The highest BCUT2D eigenvalue weighted by Gasteiger charge is 2.21. The smallest absolute Gasteiger partial charge is 0.00180 e. The van der Waals surface area contributed by atoms with Crippen molar-refractivity contribution in [1.29, 1.82) is 0 Å². The van der Waals surface area contributed by atoms with E-state index in [4.69, 9.17) is 0 Å². The molecule has 11 heavy (non-hydrogen) atoms. The largest absolute Gasteiger partial charge is 0.316 e. The fourth-order valence-electron chi connectivity index (χ4n) is 2.21. The standard InChI is InChI=1S/C10H21N/c1-3-5-10-6-7-11-8-9(10)4-2/h9-11H,3-8H2,1-2H3/t9-,10?/m1/s1. The second-order valence-corrected chi connectivity index (χ2v) is 3.71. The summed E-state index contributed by atoms with van der Waals surface area (Å²) in [7, 11) is 0. The van der Waals surface area contributed by atoms with Crippen LogP contribution < -0.4 is 5.32 Å². The Kier molecular flexibility index (Phi) is 3.92. The van der Waals surface area contributed by atoms with Gasteiger partial charge in [-0.15, -0.1) is 0 Å². The van der Waals surface area contributed by atoms with E-state index in [0.717, 1.165) is 11.8 Å². The van der Waals surface area contributed by atoms with Crippen LogP contribution in [0, 0.1) is 11.8 Å². The average Bonchev–Trinajstić information content (AvgIpc) is 2.06. The quantitative estimate of drug-likeness (QED) is 0.660. The van der Waals surface area contributed by atoms with E-state index in [1.807, 2.05) is 0 Å². The van der Waals surface area contributed by atoms with Gasteiger partial charge in [-0.2, -0.15) is 0 Å². The number of rotatable bonds is 3. The summed E-state index contributed by atoms with van der Waals surface area (Å²) in [6.07, 6.45) is 5.57. The molecule has 1 saturated heterocycles. The van der Waals surface area contributed by atoms with Crippen LogP contribution in [0.1, 0.15) is 39.5 Å². The van der Waals surface area contributed by atoms with Crippen molar-refractivity contribution in [3.8, 4) is 0 Å². The van der Waals surface area contributed by atoms with Crippen molar-refractivity contribution >= 4 is 0 Å².